The van der Waals surface area contributed by atoms with Crippen molar-refractivity contribution in [2.75, 3.05) is 11.1 Å². The molecule has 2 aromatic rings. The van der Waals surface area contributed by atoms with E-state index in [9.17, 15) is 22.8 Å². The summed E-state index contributed by atoms with van der Waals surface area (Å²) in [6, 6.07) is 4.31. The third-order valence-corrected chi connectivity index (χ3v) is 5.47. The van der Waals surface area contributed by atoms with Gasteiger partial charge >= 0.3 is 6.18 Å². The first-order valence-electron chi connectivity index (χ1n) is 8.26. The molecule has 5 nitrogen and oxygen atoms in total. The van der Waals surface area contributed by atoms with Crippen LogP contribution in [0, 0.1) is 0 Å². The summed E-state index contributed by atoms with van der Waals surface area (Å²) in [7, 11) is 0. The van der Waals surface area contributed by atoms with Crippen molar-refractivity contribution in [1.82, 2.24) is 10.2 Å². The van der Waals surface area contributed by atoms with Crippen molar-refractivity contribution in [3.8, 4) is 0 Å². The van der Waals surface area contributed by atoms with Gasteiger partial charge in [0.15, 0.2) is 10.1 Å². The molecule has 0 radical (unpaired) electrons. The molecule has 27 heavy (non-hydrogen) atoms. The fourth-order valence-corrected chi connectivity index (χ4v) is 3.78. The summed E-state index contributed by atoms with van der Waals surface area (Å²) in [5.41, 5.74) is -0.867. The van der Waals surface area contributed by atoms with Crippen molar-refractivity contribution in [3.63, 3.8) is 0 Å². The van der Waals surface area contributed by atoms with Gasteiger partial charge in [-0.15, -0.1) is 10.2 Å². The topological polar surface area (TPSA) is 72.0 Å². The molecule has 1 N–H and O–H groups in total. The minimum absolute atomic E-state index is 0.00806. The monoisotopic (exact) mass is 417 g/mol. The lowest BCUT2D eigenvalue weighted by Gasteiger charge is -2.07. The maximum Gasteiger partial charge on any atom is 0.416 e. The molecule has 0 saturated carbocycles. The summed E-state index contributed by atoms with van der Waals surface area (Å²) in [5.74, 6) is -0.650. The largest absolute Gasteiger partial charge is 0.416 e. The zero-order valence-electron chi connectivity index (χ0n) is 14.5. The lowest BCUT2D eigenvalue weighted by Crippen LogP contribution is -2.10. The Balaban J connectivity index is 1.87. The van der Waals surface area contributed by atoms with Crippen molar-refractivity contribution < 1.29 is 22.8 Å². The zero-order valence-corrected chi connectivity index (χ0v) is 16.1. The molecule has 0 unspecified atom stereocenters. The van der Waals surface area contributed by atoms with Gasteiger partial charge in [0.1, 0.15) is 0 Å². The number of aromatic nitrogens is 2. The van der Waals surface area contributed by atoms with E-state index in [0.29, 0.717) is 15.9 Å². The summed E-state index contributed by atoms with van der Waals surface area (Å²) >= 11 is 2.19. The van der Waals surface area contributed by atoms with Gasteiger partial charge in [0.05, 0.1) is 11.3 Å². The number of carbonyl (C=O) groups is 2. The van der Waals surface area contributed by atoms with Crippen LogP contribution in [0.15, 0.2) is 28.6 Å². The van der Waals surface area contributed by atoms with Gasteiger partial charge in [-0.2, -0.15) is 13.2 Å². The Morgan fingerprint density at radius 2 is 2.00 bits per heavy atom. The predicted octanol–water partition coefficient (Wildman–Crippen LogP) is 5.05. The molecule has 1 aromatic carbocycles. The van der Waals surface area contributed by atoms with Gasteiger partial charge in [-0.1, -0.05) is 55.0 Å². The number of halogens is 3. The highest BCUT2D eigenvalue weighted by Gasteiger charge is 2.30. The van der Waals surface area contributed by atoms with E-state index in [1.54, 1.807) is 0 Å². The molecule has 146 valence electrons. The van der Waals surface area contributed by atoms with Crippen LogP contribution in [0.25, 0.3) is 0 Å². The highest BCUT2D eigenvalue weighted by Crippen LogP contribution is 2.30. The minimum Gasteiger partial charge on any atom is -0.301 e. The number of unbranched alkanes of at least 4 members (excludes halogenated alkanes) is 2. The maximum absolute atomic E-state index is 12.7. The van der Waals surface area contributed by atoms with E-state index in [2.05, 4.69) is 15.5 Å². The van der Waals surface area contributed by atoms with Crippen molar-refractivity contribution in [2.24, 2.45) is 0 Å². The molecule has 0 fully saturated rings. The quantitative estimate of drug-likeness (QED) is 0.268. The van der Waals surface area contributed by atoms with Crippen LogP contribution in [0.1, 0.15) is 48.5 Å². The van der Waals surface area contributed by atoms with Gasteiger partial charge in [0.2, 0.25) is 11.0 Å². The number of benzene rings is 1. The Hall–Kier alpha value is -1.94. The van der Waals surface area contributed by atoms with E-state index in [4.69, 9.17) is 0 Å². The highest BCUT2D eigenvalue weighted by molar-refractivity contribution is 8.01. The van der Waals surface area contributed by atoms with Crippen LogP contribution in [-0.2, 0) is 11.0 Å². The number of thioether (sulfide) groups is 1. The van der Waals surface area contributed by atoms with Gasteiger partial charge in [-0.05, 0) is 18.6 Å². The van der Waals surface area contributed by atoms with Gasteiger partial charge < -0.3 is 5.32 Å². The second kappa shape index (κ2) is 9.84. The predicted molar refractivity (Wildman–Crippen MR) is 99.2 cm³/mol. The molecule has 10 heteroatoms. The number of Topliss-reactive ketones (excluding diaryl/α,β-unsaturated/α-hetero) is 1. The second-order valence-corrected chi connectivity index (χ2v) is 7.87. The number of nitrogens with one attached hydrogen (secondary N) is 1. The summed E-state index contributed by atoms with van der Waals surface area (Å²) in [6.07, 6.45) is -1.29. The first kappa shape index (κ1) is 21.4. The summed E-state index contributed by atoms with van der Waals surface area (Å²) in [6.45, 7) is 2.05. The fourth-order valence-electron chi connectivity index (χ4n) is 2.12. The second-order valence-electron chi connectivity index (χ2n) is 5.67. The number of alkyl halides is 3. The van der Waals surface area contributed by atoms with E-state index in [1.807, 2.05) is 6.92 Å². The first-order chi connectivity index (χ1) is 12.8. The molecule has 1 aromatic heterocycles. The first-order valence-corrected chi connectivity index (χ1v) is 10.1. The molecule has 0 aliphatic carbocycles. The molecular formula is C17H18F3N3O2S2. The average molecular weight is 417 g/mol. The number of hydrogen-bond acceptors (Lipinski definition) is 6. The van der Waals surface area contributed by atoms with Crippen LogP contribution in [0.4, 0.5) is 18.3 Å². The number of hydrogen-bond donors (Lipinski definition) is 1. The SMILES string of the molecule is CCCCCC(=O)Nc1nnc(SCC(=O)c2cccc(C(F)(F)F)c2)s1. The number of amides is 1. The van der Waals surface area contributed by atoms with Crippen LogP contribution < -0.4 is 5.32 Å². The molecule has 0 atom stereocenters. The van der Waals surface area contributed by atoms with Gasteiger partial charge in [-0.25, -0.2) is 0 Å². The third kappa shape index (κ3) is 6.94. The van der Waals surface area contributed by atoms with Crippen LogP contribution in [-0.4, -0.2) is 27.6 Å². The van der Waals surface area contributed by atoms with Crippen molar-refractivity contribution >= 4 is 39.9 Å². The van der Waals surface area contributed by atoms with E-state index in [-0.39, 0.29) is 17.2 Å². The Morgan fingerprint density at radius 1 is 1.22 bits per heavy atom. The van der Waals surface area contributed by atoms with E-state index in [1.165, 1.54) is 12.1 Å². The number of carbonyl (C=O) groups excluding carboxylic acids is 2. The fraction of sp³-hybridized carbons (Fsp3) is 0.412. The Morgan fingerprint density at radius 3 is 2.70 bits per heavy atom. The van der Waals surface area contributed by atoms with Crippen molar-refractivity contribution in [3.05, 3.63) is 35.4 Å². The molecule has 0 aliphatic heterocycles. The normalized spacial score (nSPS) is 11.4. The zero-order chi connectivity index (χ0) is 19.9. The Kier molecular flexibility index (Phi) is 7.78. The molecule has 1 heterocycles. The summed E-state index contributed by atoms with van der Waals surface area (Å²) in [5, 5.41) is 10.7. The molecule has 1 amide bonds. The number of rotatable bonds is 9. The van der Waals surface area contributed by atoms with Gasteiger partial charge in [0.25, 0.3) is 0 Å². The highest BCUT2D eigenvalue weighted by atomic mass is 32.2. The molecule has 2 rings (SSSR count). The average Bonchev–Trinajstić information content (AvgIpc) is 3.06. The van der Waals surface area contributed by atoms with E-state index >= 15 is 0 Å². The maximum atomic E-state index is 12.7. The number of nitrogens with zero attached hydrogens (tertiary/aromatic N) is 2. The van der Waals surface area contributed by atoms with Gasteiger partial charge in [-0.3, -0.25) is 9.59 Å². The Bertz CT molecular complexity index is 794. The summed E-state index contributed by atoms with van der Waals surface area (Å²) < 4.78 is 38.6. The van der Waals surface area contributed by atoms with Crippen molar-refractivity contribution in [1.29, 1.82) is 0 Å². The van der Waals surface area contributed by atoms with Crippen LogP contribution in [0.2, 0.25) is 0 Å². The third-order valence-electron chi connectivity index (χ3n) is 3.50. The lowest BCUT2D eigenvalue weighted by atomic mass is 10.1. The van der Waals surface area contributed by atoms with Crippen LogP contribution >= 0.6 is 23.1 Å². The van der Waals surface area contributed by atoms with Gasteiger partial charge in [0, 0.05) is 12.0 Å². The smallest absolute Gasteiger partial charge is 0.301 e. The number of ketones is 1. The minimum atomic E-state index is -4.49. The molecule has 0 spiro atoms. The van der Waals surface area contributed by atoms with E-state index in [0.717, 1.165) is 54.5 Å². The standard InChI is InChI=1S/C17H18F3N3O2S2/c1-2-3-4-8-14(25)21-15-22-23-16(27-15)26-10-13(24)11-6-5-7-12(9-11)17(18,19)20/h5-7,9H,2-4,8,10H2,1H3,(H,21,22,25). The van der Waals surface area contributed by atoms with Crippen LogP contribution in [0.3, 0.4) is 0 Å². The molecule has 0 aliphatic rings. The lowest BCUT2D eigenvalue weighted by molar-refractivity contribution is -0.137. The van der Waals surface area contributed by atoms with E-state index < -0.39 is 17.5 Å². The van der Waals surface area contributed by atoms with Crippen LogP contribution in [0.5, 0.6) is 0 Å². The molecular weight excluding hydrogens is 399 g/mol. The number of anilines is 1. The summed E-state index contributed by atoms with van der Waals surface area (Å²) in [4.78, 5) is 23.9. The molecule has 0 saturated heterocycles. The van der Waals surface area contributed by atoms with Crippen molar-refractivity contribution in [2.45, 2.75) is 43.1 Å². The Labute approximate surface area is 162 Å². The molecule has 0 bridgehead atoms.